The number of carbonyl (C=O) groups is 1. The monoisotopic (exact) mass is 320 g/mol. The van der Waals surface area contributed by atoms with E-state index in [-0.39, 0.29) is 0 Å². The van der Waals surface area contributed by atoms with Crippen molar-refractivity contribution >= 4 is 22.8 Å². The van der Waals surface area contributed by atoms with Gasteiger partial charge in [-0.1, -0.05) is 0 Å². The molecule has 0 amide bonds. The number of nitrogens with one attached hydrogen (secondary N) is 1. The molecule has 0 heterocycles. The van der Waals surface area contributed by atoms with Crippen LogP contribution in [0.3, 0.4) is 0 Å². The highest BCUT2D eigenvalue weighted by Gasteiger charge is 2.30. The Bertz CT molecular complexity index is 575. The largest absolute Gasteiger partial charge is 0.598 e. The van der Waals surface area contributed by atoms with E-state index in [4.69, 9.17) is 0 Å². The quantitative estimate of drug-likeness (QED) is 0.388. The first-order valence-corrected chi connectivity index (χ1v) is 7.01. The summed E-state index contributed by atoms with van der Waals surface area (Å²) in [5.74, 6) is -3.79. The van der Waals surface area contributed by atoms with Crippen molar-refractivity contribution in [3.05, 3.63) is 39.4 Å². The molecule has 1 rings (SSSR count). The molecule has 1 atom stereocenters. The summed E-state index contributed by atoms with van der Waals surface area (Å²) < 4.78 is 40.7. The second kappa shape index (κ2) is 6.46. The van der Waals surface area contributed by atoms with Gasteiger partial charge in [0.1, 0.15) is 17.1 Å². The summed E-state index contributed by atoms with van der Waals surface area (Å²) in [6.07, 6.45) is 0. The van der Waals surface area contributed by atoms with Crippen LogP contribution >= 0.6 is 0 Å². The standard InChI is InChI=1S/C12H14F2N2O4S/c1-12(2,3)21(20)15-6-9(17)10-7(13)4-5-8(11(10)14)16(18)19/h4-5,15H,6H2,1-3H3/t21-/m0/s1. The van der Waals surface area contributed by atoms with Gasteiger partial charge in [0.25, 0.3) is 0 Å². The van der Waals surface area contributed by atoms with E-state index in [2.05, 4.69) is 4.72 Å². The molecule has 0 aliphatic rings. The predicted octanol–water partition coefficient (Wildman–Crippen LogP) is 2.11. The molecule has 9 heteroatoms. The molecule has 0 spiro atoms. The molecule has 1 N–H and O–H groups in total. The van der Waals surface area contributed by atoms with E-state index in [9.17, 15) is 28.2 Å². The first kappa shape index (κ1) is 17.5. The van der Waals surface area contributed by atoms with Crippen molar-refractivity contribution in [3.8, 4) is 0 Å². The van der Waals surface area contributed by atoms with Crippen LogP contribution in [0.2, 0.25) is 0 Å². The van der Waals surface area contributed by atoms with Crippen molar-refractivity contribution in [1.82, 2.24) is 4.72 Å². The number of hydrogen-bond donors (Lipinski definition) is 1. The highest BCUT2D eigenvalue weighted by atomic mass is 32.2. The van der Waals surface area contributed by atoms with Crippen LogP contribution in [0.15, 0.2) is 12.1 Å². The summed E-state index contributed by atoms with van der Waals surface area (Å²) in [5.41, 5.74) is -2.00. The topological polar surface area (TPSA) is 95.3 Å². The van der Waals surface area contributed by atoms with Gasteiger partial charge in [0.2, 0.25) is 5.82 Å². The number of rotatable bonds is 5. The third-order valence-electron chi connectivity index (χ3n) is 2.47. The number of ketones is 1. The van der Waals surface area contributed by atoms with Crippen LogP contribution in [0.5, 0.6) is 0 Å². The third kappa shape index (κ3) is 4.19. The molecule has 6 nitrogen and oxygen atoms in total. The van der Waals surface area contributed by atoms with Gasteiger partial charge in [0, 0.05) is 17.4 Å². The second-order valence-electron chi connectivity index (χ2n) is 5.14. The Kier molecular flexibility index (Phi) is 5.37. The Hall–Kier alpha value is -1.58. The second-order valence-corrected chi connectivity index (χ2v) is 7.19. The van der Waals surface area contributed by atoms with Crippen molar-refractivity contribution in [2.45, 2.75) is 25.5 Å². The smallest absolute Gasteiger partial charge is 0.305 e. The molecule has 0 aliphatic carbocycles. The highest BCUT2D eigenvalue weighted by molar-refractivity contribution is 7.90. The lowest BCUT2D eigenvalue weighted by Gasteiger charge is -2.23. The van der Waals surface area contributed by atoms with E-state index in [0.29, 0.717) is 12.1 Å². The first-order valence-electron chi connectivity index (χ1n) is 5.86. The maximum absolute atomic E-state index is 13.8. The summed E-state index contributed by atoms with van der Waals surface area (Å²) in [4.78, 5) is 21.3. The molecular weight excluding hydrogens is 306 g/mol. The lowest BCUT2D eigenvalue weighted by atomic mass is 10.1. The minimum absolute atomic E-state index is 0.598. The SMILES string of the molecule is CC(C)(C)[S@+]([O-])NCC(=O)c1c(F)ccc([N+](=O)[O-])c1F. The highest BCUT2D eigenvalue weighted by Crippen LogP contribution is 2.23. The van der Waals surface area contributed by atoms with E-state index in [1.165, 1.54) is 0 Å². The summed E-state index contributed by atoms with van der Waals surface area (Å²) in [7, 11) is 0. The molecule has 0 unspecified atom stereocenters. The van der Waals surface area contributed by atoms with Gasteiger partial charge in [-0.15, -0.1) is 4.72 Å². The number of Topliss-reactive ketones (excluding diaryl/α,β-unsaturated/α-hetero) is 1. The summed E-state index contributed by atoms with van der Waals surface area (Å²) in [5, 5.41) is 10.6. The molecule has 1 aromatic carbocycles. The van der Waals surface area contributed by atoms with Crippen LogP contribution in [0.25, 0.3) is 0 Å². The average molecular weight is 320 g/mol. The lowest BCUT2D eigenvalue weighted by Crippen LogP contribution is -2.41. The van der Waals surface area contributed by atoms with Crippen molar-refractivity contribution in [3.63, 3.8) is 0 Å². The molecule has 21 heavy (non-hydrogen) atoms. The Morgan fingerprint density at radius 1 is 1.38 bits per heavy atom. The van der Waals surface area contributed by atoms with Gasteiger partial charge >= 0.3 is 5.69 Å². The van der Waals surface area contributed by atoms with Gasteiger partial charge in [-0.2, -0.15) is 4.39 Å². The van der Waals surface area contributed by atoms with Gasteiger partial charge in [0.15, 0.2) is 5.78 Å². The molecule has 0 bridgehead atoms. The molecule has 116 valence electrons. The van der Waals surface area contributed by atoms with Crippen molar-refractivity contribution in [2.75, 3.05) is 6.54 Å². The van der Waals surface area contributed by atoms with Crippen molar-refractivity contribution in [1.29, 1.82) is 0 Å². The molecule has 0 aromatic heterocycles. The van der Waals surface area contributed by atoms with Crippen LogP contribution in [0.1, 0.15) is 31.1 Å². The zero-order chi connectivity index (χ0) is 16.4. The van der Waals surface area contributed by atoms with Crippen molar-refractivity contribution in [2.24, 2.45) is 0 Å². The summed E-state index contributed by atoms with van der Waals surface area (Å²) in [6, 6.07) is 1.29. The van der Waals surface area contributed by atoms with E-state index >= 15 is 0 Å². The van der Waals surface area contributed by atoms with Crippen LogP contribution < -0.4 is 4.72 Å². The normalized spacial score (nSPS) is 13.0. The molecule has 1 aromatic rings. The molecule has 0 saturated carbocycles. The van der Waals surface area contributed by atoms with Crippen molar-refractivity contribution < 1.29 is 23.1 Å². The predicted molar refractivity (Wildman–Crippen MR) is 73.2 cm³/mol. The number of hydrogen-bond acceptors (Lipinski definition) is 5. The average Bonchev–Trinajstić information content (AvgIpc) is 2.34. The van der Waals surface area contributed by atoms with Gasteiger partial charge < -0.3 is 4.55 Å². The number of nitro groups is 1. The van der Waals surface area contributed by atoms with E-state index in [1.54, 1.807) is 20.8 Å². The number of carbonyl (C=O) groups excluding carboxylic acids is 1. The van der Waals surface area contributed by atoms with Crippen LogP contribution in [0.4, 0.5) is 14.5 Å². The third-order valence-corrected chi connectivity index (χ3v) is 3.99. The van der Waals surface area contributed by atoms with Crippen LogP contribution in [-0.2, 0) is 11.4 Å². The number of nitro benzene ring substituents is 1. The van der Waals surface area contributed by atoms with E-state index in [1.807, 2.05) is 0 Å². The maximum Gasteiger partial charge on any atom is 0.305 e. The molecular formula is C12H14F2N2O4S. The van der Waals surface area contributed by atoms with Gasteiger partial charge in [-0.25, -0.2) is 4.39 Å². The molecule has 0 radical (unpaired) electrons. The minimum atomic E-state index is -1.61. The zero-order valence-corrected chi connectivity index (χ0v) is 12.4. The fourth-order valence-electron chi connectivity index (χ4n) is 1.37. The maximum atomic E-state index is 13.8. The van der Waals surface area contributed by atoms with Gasteiger partial charge in [-0.05, 0) is 26.8 Å². The Labute approximate surface area is 123 Å². The summed E-state index contributed by atoms with van der Waals surface area (Å²) in [6.45, 7) is 4.35. The molecule has 0 saturated heterocycles. The Balaban J connectivity index is 2.98. The fraction of sp³-hybridized carbons (Fsp3) is 0.417. The minimum Gasteiger partial charge on any atom is -0.598 e. The van der Waals surface area contributed by atoms with Gasteiger partial charge in [-0.3, -0.25) is 14.9 Å². The number of benzene rings is 1. The molecule has 0 fully saturated rings. The Morgan fingerprint density at radius 2 is 1.95 bits per heavy atom. The van der Waals surface area contributed by atoms with E-state index in [0.717, 1.165) is 0 Å². The number of nitrogens with zero attached hydrogens (tertiary/aromatic N) is 1. The van der Waals surface area contributed by atoms with Crippen LogP contribution in [-0.4, -0.2) is 26.6 Å². The van der Waals surface area contributed by atoms with E-state index < -0.39 is 56.2 Å². The zero-order valence-electron chi connectivity index (χ0n) is 11.6. The molecule has 0 aliphatic heterocycles. The van der Waals surface area contributed by atoms with Gasteiger partial charge in [0.05, 0.1) is 10.5 Å². The number of halogens is 2. The fourth-order valence-corrected chi connectivity index (χ4v) is 2.07. The summed E-state index contributed by atoms with van der Waals surface area (Å²) >= 11 is -1.61. The van der Waals surface area contributed by atoms with Crippen LogP contribution in [0, 0.1) is 21.7 Å². The lowest BCUT2D eigenvalue weighted by molar-refractivity contribution is -0.387. The first-order chi connectivity index (χ1) is 9.55. The Morgan fingerprint density at radius 3 is 2.43 bits per heavy atom.